The number of hydrogen-bond acceptors (Lipinski definition) is 4. The van der Waals surface area contributed by atoms with Crippen LogP contribution in [-0.4, -0.2) is 36.1 Å². The molecule has 2 aromatic carbocycles. The number of sulfonamides is 1. The highest BCUT2D eigenvalue weighted by Gasteiger charge is 2.27. The zero-order valence-corrected chi connectivity index (χ0v) is 15.1. The van der Waals surface area contributed by atoms with Crippen LogP contribution in [0.1, 0.15) is 6.42 Å². The van der Waals surface area contributed by atoms with Crippen molar-refractivity contribution in [2.24, 2.45) is 0 Å². The number of hydrogen-bond donors (Lipinski definition) is 0. The van der Waals surface area contributed by atoms with Gasteiger partial charge in [0.2, 0.25) is 10.0 Å². The van der Waals surface area contributed by atoms with E-state index in [2.05, 4.69) is 5.10 Å². The van der Waals surface area contributed by atoms with Crippen LogP contribution in [0.3, 0.4) is 0 Å². The number of para-hydroxylation sites is 1. The summed E-state index contributed by atoms with van der Waals surface area (Å²) in [5.74, 6) is 0. The standard InChI is InChI=1S/C19H18N4O2S/c1-22(14-8-13-20)26(24,25)18-15-23(17-11-6-3-7-12-17)21-19(18)16-9-4-2-5-10-16/h2-7,9-12,15H,8,14H2,1H3. The molecule has 0 radical (unpaired) electrons. The van der Waals surface area contributed by atoms with Crippen LogP contribution in [0.25, 0.3) is 16.9 Å². The number of nitriles is 1. The Morgan fingerprint density at radius 3 is 2.31 bits per heavy atom. The van der Waals surface area contributed by atoms with Crippen molar-refractivity contribution in [1.82, 2.24) is 14.1 Å². The van der Waals surface area contributed by atoms with E-state index < -0.39 is 10.0 Å². The van der Waals surface area contributed by atoms with Crippen LogP contribution in [0, 0.1) is 11.3 Å². The first kappa shape index (κ1) is 17.9. The van der Waals surface area contributed by atoms with Gasteiger partial charge in [0.25, 0.3) is 0 Å². The molecule has 0 spiro atoms. The topological polar surface area (TPSA) is 79.0 Å². The molecule has 0 aliphatic carbocycles. The van der Waals surface area contributed by atoms with E-state index in [1.165, 1.54) is 17.5 Å². The third-order valence-electron chi connectivity index (χ3n) is 3.98. The van der Waals surface area contributed by atoms with Crippen molar-refractivity contribution in [2.75, 3.05) is 13.6 Å². The second-order valence-corrected chi connectivity index (χ2v) is 7.74. The molecule has 0 unspecified atom stereocenters. The molecule has 0 saturated heterocycles. The van der Waals surface area contributed by atoms with Gasteiger partial charge < -0.3 is 0 Å². The fraction of sp³-hybridized carbons (Fsp3) is 0.158. The maximum Gasteiger partial charge on any atom is 0.246 e. The first-order valence-electron chi connectivity index (χ1n) is 8.08. The van der Waals surface area contributed by atoms with Gasteiger partial charge in [-0.05, 0) is 12.1 Å². The minimum Gasteiger partial charge on any atom is -0.239 e. The average molecular weight is 366 g/mol. The van der Waals surface area contributed by atoms with Crippen LogP contribution in [0.2, 0.25) is 0 Å². The highest BCUT2D eigenvalue weighted by molar-refractivity contribution is 7.89. The molecule has 1 aromatic heterocycles. The summed E-state index contributed by atoms with van der Waals surface area (Å²) in [6.07, 6.45) is 1.65. The maximum absolute atomic E-state index is 13.0. The first-order chi connectivity index (χ1) is 12.5. The van der Waals surface area contributed by atoms with Crippen molar-refractivity contribution < 1.29 is 8.42 Å². The average Bonchev–Trinajstić information content (AvgIpc) is 3.14. The largest absolute Gasteiger partial charge is 0.246 e. The fourth-order valence-electron chi connectivity index (χ4n) is 2.55. The van der Waals surface area contributed by atoms with Crippen molar-refractivity contribution >= 4 is 10.0 Å². The Bertz CT molecular complexity index is 1020. The molecule has 26 heavy (non-hydrogen) atoms. The number of nitrogens with zero attached hydrogens (tertiary/aromatic N) is 4. The minimum absolute atomic E-state index is 0.119. The van der Waals surface area contributed by atoms with Gasteiger partial charge in [0.15, 0.2) is 0 Å². The van der Waals surface area contributed by atoms with Crippen LogP contribution in [-0.2, 0) is 10.0 Å². The summed E-state index contributed by atoms with van der Waals surface area (Å²) in [5.41, 5.74) is 1.87. The molecule has 0 saturated carbocycles. The van der Waals surface area contributed by atoms with E-state index >= 15 is 0 Å². The molecule has 6 nitrogen and oxygen atoms in total. The van der Waals surface area contributed by atoms with E-state index in [9.17, 15) is 8.42 Å². The normalized spacial score (nSPS) is 11.4. The van der Waals surface area contributed by atoms with Gasteiger partial charge in [0.05, 0.1) is 18.0 Å². The lowest BCUT2D eigenvalue weighted by Crippen LogP contribution is -2.28. The first-order valence-corrected chi connectivity index (χ1v) is 9.52. The minimum atomic E-state index is -3.78. The van der Waals surface area contributed by atoms with E-state index in [0.717, 1.165) is 11.3 Å². The maximum atomic E-state index is 13.0. The SMILES string of the molecule is CN(CCC#N)S(=O)(=O)c1cn(-c2ccccc2)nc1-c1ccccc1. The molecule has 1 heterocycles. The van der Waals surface area contributed by atoms with Crippen LogP contribution >= 0.6 is 0 Å². The molecule has 0 fully saturated rings. The lowest BCUT2D eigenvalue weighted by molar-refractivity contribution is 0.476. The second kappa shape index (κ2) is 7.52. The van der Waals surface area contributed by atoms with Crippen molar-refractivity contribution in [3.63, 3.8) is 0 Å². The van der Waals surface area contributed by atoms with Gasteiger partial charge in [-0.2, -0.15) is 14.7 Å². The van der Waals surface area contributed by atoms with Gasteiger partial charge in [0.1, 0.15) is 10.6 Å². The van der Waals surface area contributed by atoms with Crippen molar-refractivity contribution in [3.05, 3.63) is 66.9 Å². The highest BCUT2D eigenvalue weighted by atomic mass is 32.2. The Balaban J connectivity index is 2.14. The van der Waals surface area contributed by atoms with Crippen molar-refractivity contribution in [3.8, 4) is 23.0 Å². The lowest BCUT2D eigenvalue weighted by Gasteiger charge is -2.15. The van der Waals surface area contributed by atoms with Crippen molar-refractivity contribution in [2.45, 2.75) is 11.3 Å². The molecule has 0 N–H and O–H groups in total. The Morgan fingerprint density at radius 2 is 1.69 bits per heavy atom. The van der Waals surface area contributed by atoms with Crippen LogP contribution in [0.4, 0.5) is 0 Å². The highest BCUT2D eigenvalue weighted by Crippen LogP contribution is 2.29. The molecule has 0 aliphatic rings. The van der Waals surface area contributed by atoms with Gasteiger partial charge in [-0.25, -0.2) is 13.1 Å². The summed E-state index contributed by atoms with van der Waals surface area (Å²) >= 11 is 0. The molecule has 3 rings (SSSR count). The number of aromatic nitrogens is 2. The van der Waals surface area contributed by atoms with Gasteiger partial charge in [-0.1, -0.05) is 48.5 Å². The quantitative estimate of drug-likeness (QED) is 0.671. The molecular formula is C19H18N4O2S. The van der Waals surface area contributed by atoms with Gasteiger partial charge >= 0.3 is 0 Å². The summed E-state index contributed by atoms with van der Waals surface area (Å²) in [4.78, 5) is 0.119. The smallest absolute Gasteiger partial charge is 0.239 e. The van der Waals surface area contributed by atoms with Crippen LogP contribution < -0.4 is 0 Å². The molecule has 3 aromatic rings. The van der Waals surface area contributed by atoms with Crippen LogP contribution in [0.15, 0.2) is 71.8 Å². The monoisotopic (exact) mass is 366 g/mol. The molecule has 0 aliphatic heterocycles. The van der Waals surface area contributed by atoms with E-state index in [1.54, 1.807) is 4.68 Å². The summed E-state index contributed by atoms with van der Waals surface area (Å²) in [5, 5.41) is 13.3. The summed E-state index contributed by atoms with van der Waals surface area (Å²) in [6.45, 7) is 0.129. The van der Waals surface area contributed by atoms with Gasteiger partial charge in [-0.15, -0.1) is 0 Å². The predicted molar refractivity (Wildman–Crippen MR) is 99.0 cm³/mol. The molecule has 0 amide bonds. The third-order valence-corrected chi connectivity index (χ3v) is 5.83. The van der Waals surface area contributed by atoms with E-state index in [-0.39, 0.29) is 17.9 Å². The fourth-order valence-corrected chi connectivity index (χ4v) is 3.85. The molecule has 0 atom stereocenters. The Kier molecular flexibility index (Phi) is 5.16. The summed E-state index contributed by atoms with van der Waals surface area (Å²) in [6, 6.07) is 20.5. The van der Waals surface area contributed by atoms with Gasteiger partial charge in [0, 0.05) is 25.6 Å². The van der Waals surface area contributed by atoms with Crippen molar-refractivity contribution in [1.29, 1.82) is 5.26 Å². The molecular weight excluding hydrogens is 348 g/mol. The number of rotatable bonds is 6. The third kappa shape index (κ3) is 3.52. The lowest BCUT2D eigenvalue weighted by atomic mass is 10.2. The molecule has 0 bridgehead atoms. The summed E-state index contributed by atoms with van der Waals surface area (Å²) in [7, 11) is -2.30. The van der Waals surface area contributed by atoms with Crippen LogP contribution in [0.5, 0.6) is 0 Å². The summed E-state index contributed by atoms with van der Waals surface area (Å²) < 4.78 is 28.8. The number of benzene rings is 2. The zero-order valence-electron chi connectivity index (χ0n) is 14.3. The molecule has 7 heteroatoms. The van der Waals surface area contributed by atoms with E-state index in [4.69, 9.17) is 5.26 Å². The predicted octanol–water partition coefficient (Wildman–Crippen LogP) is 3.07. The Morgan fingerprint density at radius 1 is 1.08 bits per heavy atom. The van der Waals surface area contributed by atoms with E-state index in [0.29, 0.717) is 5.69 Å². The van der Waals surface area contributed by atoms with Gasteiger partial charge in [-0.3, -0.25) is 0 Å². The second-order valence-electron chi connectivity index (χ2n) is 5.72. The molecule has 132 valence electrons. The van der Waals surface area contributed by atoms with E-state index in [1.807, 2.05) is 66.7 Å². The Labute approximate surface area is 153 Å². The zero-order chi connectivity index (χ0) is 18.6. The Hall–Kier alpha value is -2.95.